The molecule has 7 rings (SSSR count). The van der Waals surface area contributed by atoms with Crippen molar-refractivity contribution in [2.24, 2.45) is 5.92 Å². The molecule has 0 spiro atoms. The van der Waals surface area contributed by atoms with Crippen LogP contribution in [0.4, 0.5) is 5.69 Å². The van der Waals surface area contributed by atoms with Crippen LogP contribution >= 0.6 is 11.8 Å². The molecule has 3 atom stereocenters. The molecule has 71 heavy (non-hydrogen) atoms. The van der Waals surface area contributed by atoms with Crippen molar-refractivity contribution >= 4 is 41.0 Å². The van der Waals surface area contributed by atoms with Crippen LogP contribution in [0, 0.1) is 17.8 Å². The number of para-hydroxylation sites is 1. The minimum atomic E-state index is -1.06. The van der Waals surface area contributed by atoms with Crippen molar-refractivity contribution in [1.82, 2.24) is 25.1 Å². The van der Waals surface area contributed by atoms with Gasteiger partial charge in [0, 0.05) is 82.5 Å². The van der Waals surface area contributed by atoms with Gasteiger partial charge in [0.2, 0.25) is 11.8 Å². The van der Waals surface area contributed by atoms with Crippen LogP contribution in [-0.2, 0) is 52.9 Å². The van der Waals surface area contributed by atoms with E-state index in [0.717, 1.165) is 52.4 Å². The molecule has 2 aliphatic heterocycles. The molecular weight excluding hydrogens is 925 g/mol. The molecule has 2 fully saturated rings. The lowest BCUT2D eigenvalue weighted by Gasteiger charge is -2.27. The van der Waals surface area contributed by atoms with E-state index in [4.69, 9.17) is 23.7 Å². The van der Waals surface area contributed by atoms with Crippen molar-refractivity contribution in [1.29, 1.82) is 0 Å². The maximum absolute atomic E-state index is 13.5. The third-order valence-corrected chi connectivity index (χ3v) is 13.7. The molecule has 2 aromatic heterocycles. The van der Waals surface area contributed by atoms with E-state index in [1.165, 1.54) is 13.0 Å². The van der Waals surface area contributed by atoms with Gasteiger partial charge in [-0.05, 0) is 72.5 Å². The number of benzene rings is 2. The molecule has 2 amide bonds. The Morgan fingerprint density at radius 1 is 0.718 bits per heavy atom. The highest BCUT2D eigenvalue weighted by Gasteiger charge is 2.36. The van der Waals surface area contributed by atoms with Crippen LogP contribution < -0.4 is 10.2 Å². The number of carboxylic acids is 1. The lowest BCUT2D eigenvalue weighted by atomic mass is 10.0. The van der Waals surface area contributed by atoms with Gasteiger partial charge < -0.3 is 39.0 Å². The Morgan fingerprint density at radius 3 is 2.00 bits per heavy atom. The molecule has 0 bridgehead atoms. The van der Waals surface area contributed by atoms with E-state index in [1.54, 1.807) is 17.0 Å². The van der Waals surface area contributed by atoms with Crippen LogP contribution in [0.15, 0.2) is 84.9 Å². The molecule has 1 saturated heterocycles. The number of aromatic carboxylic acids is 1. The Bertz CT molecular complexity index is 2360. The second-order valence-electron chi connectivity index (χ2n) is 17.8. The van der Waals surface area contributed by atoms with Gasteiger partial charge in [-0.25, -0.2) is 14.8 Å². The number of pyridine rings is 2. The number of nitrogens with one attached hydrogen (secondary N) is 1. The predicted octanol–water partition coefficient (Wildman–Crippen LogP) is 5.50. The average Bonchev–Trinajstić information content (AvgIpc) is 3.75. The normalized spacial score (nSPS) is 19.6. The standard InChI is InChI=1S/C54H66N6O10S/c1-40(61)47-13-6-11-45(56-47)37-58-21-26-67-30-31-68-27-22-59(38-46-12-7-14-48(57-46)54(64)65)24-29-70-51-35-41(34-50(51)69-28-23-58)39-71-33-32-66-25-20-55-52(62)18-19-53(63)60-36-44-10-3-2-8-42(44)16-17-43-9-4-5-15-49(43)60/h2-15,41,50-51H,18-39H2,1H3,(H,55,62)(H,64,65). The number of ketones is 1. The second kappa shape index (κ2) is 28.5. The van der Waals surface area contributed by atoms with Gasteiger partial charge in [-0.1, -0.05) is 54.3 Å². The summed E-state index contributed by atoms with van der Waals surface area (Å²) in [7, 11) is 0. The largest absolute Gasteiger partial charge is 0.477 e. The smallest absolute Gasteiger partial charge is 0.354 e. The van der Waals surface area contributed by atoms with Gasteiger partial charge in [0.15, 0.2) is 5.78 Å². The van der Waals surface area contributed by atoms with Gasteiger partial charge in [0.05, 0.1) is 88.7 Å². The molecular formula is C54H66N6O10S. The second-order valence-corrected chi connectivity index (χ2v) is 18.9. The van der Waals surface area contributed by atoms with Crippen molar-refractivity contribution in [2.75, 3.05) is 102 Å². The summed E-state index contributed by atoms with van der Waals surface area (Å²) in [4.78, 5) is 65.1. The fourth-order valence-electron chi connectivity index (χ4n) is 8.75. The summed E-state index contributed by atoms with van der Waals surface area (Å²) in [5.74, 6) is 7.07. The Balaban J connectivity index is 0.858. The van der Waals surface area contributed by atoms with Crippen molar-refractivity contribution in [3.8, 4) is 11.8 Å². The summed E-state index contributed by atoms with van der Waals surface area (Å²) in [5, 5.41) is 12.4. The quantitative estimate of drug-likeness (QED) is 0.0768. The first-order valence-corrected chi connectivity index (χ1v) is 25.7. The Morgan fingerprint density at radius 2 is 1.32 bits per heavy atom. The van der Waals surface area contributed by atoms with Gasteiger partial charge >= 0.3 is 5.97 Å². The highest BCUT2D eigenvalue weighted by molar-refractivity contribution is 7.99. The van der Waals surface area contributed by atoms with E-state index < -0.39 is 5.97 Å². The molecule has 3 unspecified atom stereocenters. The number of carbonyl (C=O) groups is 4. The zero-order valence-electron chi connectivity index (χ0n) is 40.6. The number of Topliss-reactive ketones (excluding diaryl/α,β-unsaturated/α-hetero) is 1. The highest BCUT2D eigenvalue weighted by Crippen LogP contribution is 2.33. The van der Waals surface area contributed by atoms with E-state index in [0.29, 0.717) is 123 Å². The van der Waals surface area contributed by atoms with Gasteiger partial charge in [-0.15, -0.1) is 0 Å². The molecule has 2 N–H and O–H groups in total. The fraction of sp³-hybridized carbons (Fsp3) is 0.481. The van der Waals surface area contributed by atoms with Gasteiger partial charge in [0.1, 0.15) is 11.4 Å². The molecule has 17 heteroatoms. The maximum Gasteiger partial charge on any atom is 0.354 e. The average molecular weight is 991 g/mol. The van der Waals surface area contributed by atoms with Crippen LogP contribution in [0.5, 0.6) is 0 Å². The summed E-state index contributed by atoms with van der Waals surface area (Å²) in [6.45, 7) is 9.41. The summed E-state index contributed by atoms with van der Waals surface area (Å²) in [6.07, 6.45) is 1.65. The van der Waals surface area contributed by atoms with Crippen LogP contribution in [0.2, 0.25) is 0 Å². The highest BCUT2D eigenvalue weighted by atomic mass is 32.2. The number of ether oxygens (including phenoxy) is 5. The number of carbonyl (C=O) groups excluding carboxylic acids is 3. The van der Waals surface area contributed by atoms with Crippen molar-refractivity contribution in [2.45, 2.75) is 64.4 Å². The van der Waals surface area contributed by atoms with E-state index in [-0.39, 0.29) is 48.3 Å². The number of anilines is 1. The summed E-state index contributed by atoms with van der Waals surface area (Å²) in [5.41, 5.74) is 5.30. The number of hydrogen-bond donors (Lipinski definition) is 2. The topological polar surface area (TPSA) is 182 Å². The first kappa shape index (κ1) is 53.3. The number of rotatable bonds is 17. The SMILES string of the molecule is CC(=O)c1cccc(CN2CCOCCOCCN(Cc3cccc(C(=O)O)n3)CCOC3CC(CSCCOCCNC(=O)CCC(=O)N4Cc5ccccc5C#Cc5ccccc54)CC3OCC2)n1. The Kier molecular flexibility index (Phi) is 21.4. The lowest BCUT2D eigenvalue weighted by Crippen LogP contribution is -2.36. The first-order chi connectivity index (χ1) is 34.7. The van der Waals surface area contributed by atoms with Crippen LogP contribution in [0.25, 0.3) is 0 Å². The third kappa shape index (κ3) is 17.3. The number of nitrogens with zero attached hydrogens (tertiary/aromatic N) is 5. The third-order valence-electron chi connectivity index (χ3n) is 12.5. The minimum absolute atomic E-state index is 0.00872. The summed E-state index contributed by atoms with van der Waals surface area (Å²) >= 11 is 1.83. The van der Waals surface area contributed by atoms with Crippen LogP contribution in [0.1, 0.15) is 81.7 Å². The molecule has 0 radical (unpaired) electrons. The molecule has 3 aliphatic rings. The first-order valence-electron chi connectivity index (χ1n) is 24.6. The van der Waals surface area contributed by atoms with Gasteiger partial charge in [-0.3, -0.25) is 24.2 Å². The van der Waals surface area contributed by atoms with Crippen molar-refractivity contribution < 1.29 is 48.0 Å². The van der Waals surface area contributed by atoms with Gasteiger partial charge in [-0.2, -0.15) is 11.8 Å². The zero-order valence-corrected chi connectivity index (χ0v) is 41.5. The van der Waals surface area contributed by atoms with E-state index in [2.05, 4.69) is 36.9 Å². The van der Waals surface area contributed by atoms with Gasteiger partial charge in [0.25, 0.3) is 0 Å². The lowest BCUT2D eigenvalue weighted by molar-refractivity contribution is -0.125. The molecule has 1 saturated carbocycles. The molecule has 4 aromatic rings. The Labute approximate surface area is 421 Å². The van der Waals surface area contributed by atoms with Crippen molar-refractivity contribution in [3.63, 3.8) is 0 Å². The monoisotopic (exact) mass is 990 g/mol. The molecule has 1 aliphatic carbocycles. The van der Waals surface area contributed by atoms with Crippen molar-refractivity contribution in [3.05, 3.63) is 124 Å². The maximum atomic E-state index is 13.5. The molecule has 378 valence electrons. The Hall–Kier alpha value is -5.55. The van der Waals surface area contributed by atoms with E-state index in [9.17, 15) is 24.3 Å². The minimum Gasteiger partial charge on any atom is -0.477 e. The molecule has 4 heterocycles. The molecule has 2 aromatic carbocycles. The number of hydrogen-bond acceptors (Lipinski definition) is 14. The summed E-state index contributed by atoms with van der Waals surface area (Å²) in [6, 6.07) is 26.0. The zero-order chi connectivity index (χ0) is 49.6. The van der Waals surface area contributed by atoms with E-state index in [1.807, 2.05) is 78.5 Å². The predicted molar refractivity (Wildman–Crippen MR) is 270 cm³/mol. The molecule has 16 nitrogen and oxygen atoms in total. The van der Waals surface area contributed by atoms with Crippen LogP contribution in [-0.4, -0.2) is 158 Å². The number of aromatic nitrogens is 2. The number of fused-ring (bicyclic) bond motifs is 3. The fourth-order valence-corrected chi connectivity index (χ4v) is 9.76. The summed E-state index contributed by atoms with van der Waals surface area (Å²) < 4.78 is 31.1. The van der Waals surface area contributed by atoms with Crippen LogP contribution in [0.3, 0.4) is 0 Å². The van der Waals surface area contributed by atoms with E-state index >= 15 is 0 Å². The number of amides is 2. The number of thioether (sulfide) groups is 1. The number of carboxylic acid groups (broad SMARTS) is 1.